The molecule has 1 aliphatic heterocycles. The average molecular weight is 482 g/mol. The highest BCUT2D eigenvalue weighted by atomic mass is 16.3. The number of amides is 2. The molecular weight excluding hydrogens is 450 g/mol. The molecule has 0 unspecified atom stereocenters. The van der Waals surface area contributed by atoms with Crippen molar-refractivity contribution < 1.29 is 14.0 Å². The fourth-order valence-corrected chi connectivity index (χ4v) is 4.91. The molecule has 1 aromatic heterocycles. The third-order valence-corrected chi connectivity index (χ3v) is 7.32. The Morgan fingerprint density at radius 1 is 1.03 bits per heavy atom. The first-order valence-electron chi connectivity index (χ1n) is 12.6. The molecule has 1 fully saturated rings. The molecule has 2 heterocycles. The highest BCUT2D eigenvalue weighted by Gasteiger charge is 2.30. The Balaban J connectivity index is 1.18. The van der Waals surface area contributed by atoms with E-state index >= 15 is 0 Å². The summed E-state index contributed by atoms with van der Waals surface area (Å²) in [6.45, 7) is 5.88. The first kappa shape index (κ1) is 23.8. The number of benzene rings is 3. The minimum Gasteiger partial charge on any atom is -0.436 e. The lowest BCUT2D eigenvalue weighted by Crippen LogP contribution is -2.42. The van der Waals surface area contributed by atoms with Gasteiger partial charge in [-0.25, -0.2) is 4.98 Å². The maximum absolute atomic E-state index is 13.2. The van der Waals surface area contributed by atoms with Crippen LogP contribution >= 0.6 is 0 Å². The maximum atomic E-state index is 13.2. The lowest BCUT2D eigenvalue weighted by atomic mass is 9.84. The van der Waals surface area contributed by atoms with Crippen molar-refractivity contribution in [1.82, 2.24) is 15.2 Å². The van der Waals surface area contributed by atoms with Crippen LogP contribution in [0.2, 0.25) is 0 Å². The highest BCUT2D eigenvalue weighted by molar-refractivity contribution is 5.97. The number of aryl methyl sites for hydroxylation is 1. The number of carbonyl (C=O) groups is 2. The van der Waals surface area contributed by atoms with Gasteiger partial charge in [0.15, 0.2) is 5.58 Å². The number of fused-ring (bicyclic) bond motifs is 1. The van der Waals surface area contributed by atoms with E-state index in [9.17, 15) is 9.59 Å². The molecule has 2 amide bonds. The molecule has 3 aromatic carbocycles. The molecule has 1 N–H and O–H groups in total. The van der Waals surface area contributed by atoms with Crippen LogP contribution in [-0.4, -0.2) is 34.8 Å². The highest BCUT2D eigenvalue weighted by Crippen LogP contribution is 2.28. The first-order chi connectivity index (χ1) is 17.5. The number of carbonyl (C=O) groups excluding carboxylic acids is 2. The molecule has 0 radical (unpaired) electrons. The fraction of sp³-hybridized carbons (Fsp3) is 0.300. The van der Waals surface area contributed by atoms with E-state index in [0.717, 1.165) is 29.5 Å². The van der Waals surface area contributed by atoms with Crippen LogP contribution in [0.25, 0.3) is 22.6 Å². The van der Waals surface area contributed by atoms with E-state index in [0.29, 0.717) is 36.7 Å². The van der Waals surface area contributed by atoms with Crippen LogP contribution in [0, 0.1) is 18.8 Å². The molecular formula is C30H31N3O3. The van der Waals surface area contributed by atoms with Gasteiger partial charge in [-0.3, -0.25) is 9.59 Å². The van der Waals surface area contributed by atoms with Gasteiger partial charge >= 0.3 is 0 Å². The molecule has 6 nitrogen and oxygen atoms in total. The molecule has 184 valence electrons. The zero-order chi connectivity index (χ0) is 25.1. The van der Waals surface area contributed by atoms with Crippen LogP contribution in [0.15, 0.2) is 77.2 Å². The van der Waals surface area contributed by atoms with E-state index in [4.69, 9.17) is 4.42 Å². The van der Waals surface area contributed by atoms with E-state index in [1.54, 1.807) is 6.07 Å². The number of aromatic nitrogens is 1. The molecule has 1 atom stereocenters. The third-order valence-electron chi connectivity index (χ3n) is 7.32. The summed E-state index contributed by atoms with van der Waals surface area (Å²) in [5.41, 5.74) is 5.15. The SMILES string of the molecule is Cc1ccccc1CNC(=O)[C@H](C)C1CCN(C(=O)c2ccc3nc(-c4ccccc4)oc3c2)CC1. The summed E-state index contributed by atoms with van der Waals surface area (Å²) in [4.78, 5) is 32.4. The second kappa shape index (κ2) is 10.4. The van der Waals surface area contributed by atoms with Crippen molar-refractivity contribution in [2.45, 2.75) is 33.2 Å². The lowest BCUT2D eigenvalue weighted by Gasteiger charge is -2.34. The molecule has 1 saturated heterocycles. The number of oxazole rings is 1. The minimum absolute atomic E-state index is 0.00957. The summed E-state index contributed by atoms with van der Waals surface area (Å²) >= 11 is 0. The van der Waals surface area contributed by atoms with Crippen molar-refractivity contribution in [1.29, 1.82) is 0 Å². The zero-order valence-electron chi connectivity index (χ0n) is 20.7. The number of rotatable bonds is 6. The van der Waals surface area contributed by atoms with Crippen LogP contribution in [-0.2, 0) is 11.3 Å². The van der Waals surface area contributed by atoms with Crippen molar-refractivity contribution in [3.8, 4) is 11.5 Å². The van der Waals surface area contributed by atoms with E-state index in [2.05, 4.69) is 23.3 Å². The summed E-state index contributed by atoms with van der Waals surface area (Å²) in [6.07, 6.45) is 1.63. The second-order valence-corrected chi connectivity index (χ2v) is 9.63. The second-order valence-electron chi connectivity index (χ2n) is 9.63. The van der Waals surface area contributed by atoms with E-state index < -0.39 is 0 Å². The number of hydrogen-bond donors (Lipinski definition) is 1. The van der Waals surface area contributed by atoms with Gasteiger partial charge in [0, 0.05) is 36.7 Å². The number of piperidine rings is 1. The summed E-state index contributed by atoms with van der Waals surface area (Å²) in [6, 6.07) is 23.3. The van der Waals surface area contributed by atoms with Crippen LogP contribution < -0.4 is 5.32 Å². The fourth-order valence-electron chi connectivity index (χ4n) is 4.91. The summed E-state index contributed by atoms with van der Waals surface area (Å²) in [7, 11) is 0. The number of nitrogens with one attached hydrogen (secondary N) is 1. The monoisotopic (exact) mass is 481 g/mol. The Morgan fingerprint density at radius 3 is 2.50 bits per heavy atom. The topological polar surface area (TPSA) is 75.4 Å². The standard InChI is InChI=1S/C30H31N3O3/c1-20-8-6-7-11-25(20)19-31-28(34)21(2)22-14-16-33(17-15-22)30(35)24-12-13-26-27(18-24)36-29(32-26)23-9-4-3-5-10-23/h3-13,18,21-22H,14-17,19H2,1-2H3,(H,31,34)/t21-/m1/s1. The van der Waals surface area contributed by atoms with Gasteiger partial charge in [-0.15, -0.1) is 0 Å². The van der Waals surface area contributed by atoms with Gasteiger partial charge in [0.05, 0.1) is 0 Å². The summed E-state index contributed by atoms with van der Waals surface area (Å²) in [5.74, 6) is 0.785. The Morgan fingerprint density at radius 2 is 1.75 bits per heavy atom. The minimum atomic E-state index is -0.0896. The van der Waals surface area contributed by atoms with Gasteiger partial charge < -0.3 is 14.6 Å². The molecule has 0 bridgehead atoms. The van der Waals surface area contributed by atoms with E-state index in [-0.39, 0.29) is 23.7 Å². The molecule has 1 aliphatic rings. The van der Waals surface area contributed by atoms with Crippen LogP contribution in [0.3, 0.4) is 0 Å². The Kier molecular flexibility index (Phi) is 6.85. The van der Waals surface area contributed by atoms with Gasteiger partial charge in [-0.2, -0.15) is 0 Å². The molecule has 4 aromatic rings. The lowest BCUT2D eigenvalue weighted by molar-refractivity contribution is -0.126. The molecule has 5 rings (SSSR count). The van der Waals surface area contributed by atoms with E-state index in [1.165, 1.54) is 5.56 Å². The van der Waals surface area contributed by atoms with Crippen LogP contribution in [0.5, 0.6) is 0 Å². The summed E-state index contributed by atoms with van der Waals surface area (Å²) < 4.78 is 5.94. The smallest absolute Gasteiger partial charge is 0.253 e. The van der Waals surface area contributed by atoms with Crippen molar-refractivity contribution in [2.24, 2.45) is 11.8 Å². The molecule has 6 heteroatoms. The van der Waals surface area contributed by atoms with Crippen LogP contribution in [0.4, 0.5) is 0 Å². The van der Waals surface area contributed by atoms with Crippen molar-refractivity contribution >= 4 is 22.9 Å². The van der Waals surface area contributed by atoms with Crippen molar-refractivity contribution in [3.63, 3.8) is 0 Å². The molecule has 36 heavy (non-hydrogen) atoms. The normalized spacial score (nSPS) is 15.1. The first-order valence-corrected chi connectivity index (χ1v) is 12.6. The van der Waals surface area contributed by atoms with Gasteiger partial charge in [-0.1, -0.05) is 49.4 Å². The summed E-state index contributed by atoms with van der Waals surface area (Å²) in [5, 5.41) is 3.09. The van der Waals surface area contributed by atoms with Gasteiger partial charge in [-0.05, 0) is 67.1 Å². The zero-order valence-corrected chi connectivity index (χ0v) is 20.7. The van der Waals surface area contributed by atoms with E-state index in [1.807, 2.05) is 72.5 Å². The Labute approximate surface area is 211 Å². The number of likely N-dealkylation sites (tertiary alicyclic amines) is 1. The quantitative estimate of drug-likeness (QED) is 0.389. The van der Waals surface area contributed by atoms with Gasteiger partial charge in [0.25, 0.3) is 5.91 Å². The number of nitrogens with zero attached hydrogens (tertiary/aromatic N) is 2. The molecule has 0 spiro atoms. The van der Waals surface area contributed by atoms with Crippen LogP contribution in [0.1, 0.15) is 41.3 Å². The Hall–Kier alpha value is -3.93. The van der Waals surface area contributed by atoms with Gasteiger partial charge in [0.2, 0.25) is 11.8 Å². The predicted molar refractivity (Wildman–Crippen MR) is 140 cm³/mol. The van der Waals surface area contributed by atoms with Crippen molar-refractivity contribution in [2.75, 3.05) is 13.1 Å². The Bertz CT molecular complexity index is 1370. The van der Waals surface area contributed by atoms with Crippen molar-refractivity contribution in [3.05, 3.63) is 89.5 Å². The molecule has 0 aliphatic carbocycles. The maximum Gasteiger partial charge on any atom is 0.253 e. The van der Waals surface area contributed by atoms with Gasteiger partial charge in [0.1, 0.15) is 5.52 Å². The third kappa shape index (κ3) is 5.03. The number of hydrogen-bond acceptors (Lipinski definition) is 4. The largest absolute Gasteiger partial charge is 0.436 e. The predicted octanol–water partition coefficient (Wildman–Crippen LogP) is 5.61. The molecule has 0 saturated carbocycles. The average Bonchev–Trinajstić information content (AvgIpc) is 3.36.